The topological polar surface area (TPSA) is 54.0 Å². The van der Waals surface area contributed by atoms with Gasteiger partial charge >= 0.3 is 0 Å². The van der Waals surface area contributed by atoms with Gasteiger partial charge in [0.1, 0.15) is 5.82 Å². The van der Waals surface area contributed by atoms with Gasteiger partial charge in [0.15, 0.2) is 0 Å². The van der Waals surface area contributed by atoms with E-state index in [9.17, 15) is 4.79 Å². The standard InChI is InChI=1S/C14H21N3O/c1-2-8-15-13-7-6-12(10-16-13)14(18)17-9-11-4-3-5-11/h6-7,10-11H,2-5,8-9H2,1H3,(H,15,16)(H,17,18). The number of carbonyl (C=O) groups excluding carboxylic acids is 1. The van der Waals surface area contributed by atoms with E-state index in [2.05, 4.69) is 22.5 Å². The molecule has 0 atom stereocenters. The first kappa shape index (κ1) is 12.9. The molecule has 0 aromatic carbocycles. The van der Waals surface area contributed by atoms with Crippen LogP contribution in [0, 0.1) is 5.92 Å². The molecular weight excluding hydrogens is 226 g/mol. The number of pyridine rings is 1. The van der Waals surface area contributed by atoms with Gasteiger partial charge in [0.05, 0.1) is 5.56 Å². The van der Waals surface area contributed by atoms with Crippen LogP contribution in [0.5, 0.6) is 0 Å². The zero-order valence-corrected chi connectivity index (χ0v) is 10.9. The Morgan fingerprint density at radius 3 is 2.83 bits per heavy atom. The minimum absolute atomic E-state index is 0.0172. The quantitative estimate of drug-likeness (QED) is 0.811. The van der Waals surface area contributed by atoms with Crippen molar-refractivity contribution in [2.24, 2.45) is 5.92 Å². The van der Waals surface area contributed by atoms with Crippen LogP contribution in [0.1, 0.15) is 43.0 Å². The van der Waals surface area contributed by atoms with E-state index in [0.29, 0.717) is 11.5 Å². The first-order chi connectivity index (χ1) is 8.79. The molecule has 1 aliphatic rings. The molecule has 1 fully saturated rings. The van der Waals surface area contributed by atoms with Gasteiger partial charge in [-0.2, -0.15) is 0 Å². The molecule has 0 bridgehead atoms. The summed E-state index contributed by atoms with van der Waals surface area (Å²) in [7, 11) is 0. The zero-order chi connectivity index (χ0) is 12.8. The molecule has 4 heteroatoms. The minimum Gasteiger partial charge on any atom is -0.370 e. The van der Waals surface area contributed by atoms with Crippen molar-refractivity contribution in [2.75, 3.05) is 18.4 Å². The lowest BCUT2D eigenvalue weighted by Crippen LogP contribution is -2.32. The number of nitrogens with zero attached hydrogens (tertiary/aromatic N) is 1. The van der Waals surface area contributed by atoms with Crippen LogP contribution in [0.3, 0.4) is 0 Å². The fraction of sp³-hybridized carbons (Fsp3) is 0.571. The third-order valence-electron chi connectivity index (χ3n) is 3.36. The van der Waals surface area contributed by atoms with E-state index in [4.69, 9.17) is 0 Å². The summed E-state index contributed by atoms with van der Waals surface area (Å²) >= 11 is 0. The molecule has 98 valence electrons. The Hall–Kier alpha value is -1.58. The summed E-state index contributed by atoms with van der Waals surface area (Å²) in [5, 5.41) is 6.15. The molecule has 0 spiro atoms. The Labute approximate surface area is 108 Å². The van der Waals surface area contributed by atoms with Gasteiger partial charge in [-0.05, 0) is 37.3 Å². The number of carbonyl (C=O) groups is 1. The van der Waals surface area contributed by atoms with Crippen molar-refractivity contribution in [3.8, 4) is 0 Å². The fourth-order valence-electron chi connectivity index (χ4n) is 1.92. The summed E-state index contributed by atoms with van der Waals surface area (Å²) in [5.74, 6) is 1.50. The molecule has 0 aliphatic heterocycles. The molecule has 4 nitrogen and oxygen atoms in total. The Morgan fingerprint density at radius 1 is 1.44 bits per heavy atom. The number of nitrogens with one attached hydrogen (secondary N) is 2. The van der Waals surface area contributed by atoms with E-state index < -0.39 is 0 Å². The first-order valence-electron chi connectivity index (χ1n) is 6.77. The van der Waals surface area contributed by atoms with Gasteiger partial charge in [0, 0.05) is 19.3 Å². The molecule has 0 radical (unpaired) electrons. The smallest absolute Gasteiger partial charge is 0.252 e. The average molecular weight is 247 g/mol. The van der Waals surface area contributed by atoms with Crippen LogP contribution < -0.4 is 10.6 Å². The lowest BCUT2D eigenvalue weighted by atomic mass is 9.85. The van der Waals surface area contributed by atoms with E-state index in [1.54, 1.807) is 6.20 Å². The van der Waals surface area contributed by atoms with Gasteiger partial charge in [-0.15, -0.1) is 0 Å². The van der Waals surface area contributed by atoms with Gasteiger partial charge < -0.3 is 10.6 Å². The van der Waals surface area contributed by atoms with Crippen molar-refractivity contribution < 1.29 is 4.79 Å². The summed E-state index contributed by atoms with van der Waals surface area (Å²) < 4.78 is 0. The molecule has 18 heavy (non-hydrogen) atoms. The highest BCUT2D eigenvalue weighted by atomic mass is 16.1. The lowest BCUT2D eigenvalue weighted by molar-refractivity contribution is 0.0939. The second-order valence-electron chi connectivity index (χ2n) is 4.87. The molecular formula is C14H21N3O. The van der Waals surface area contributed by atoms with Gasteiger partial charge in [-0.1, -0.05) is 13.3 Å². The van der Waals surface area contributed by atoms with Crippen LogP contribution in [0.2, 0.25) is 0 Å². The van der Waals surface area contributed by atoms with Crippen LogP contribution in [0.15, 0.2) is 18.3 Å². The Bertz CT molecular complexity index is 385. The Morgan fingerprint density at radius 2 is 2.28 bits per heavy atom. The van der Waals surface area contributed by atoms with Gasteiger partial charge in [0.2, 0.25) is 0 Å². The highest BCUT2D eigenvalue weighted by molar-refractivity contribution is 5.94. The average Bonchev–Trinajstić information content (AvgIpc) is 2.35. The second kappa shape index (κ2) is 6.38. The molecule has 2 rings (SSSR count). The third-order valence-corrected chi connectivity index (χ3v) is 3.36. The maximum absolute atomic E-state index is 11.8. The molecule has 1 aromatic heterocycles. The first-order valence-corrected chi connectivity index (χ1v) is 6.77. The molecule has 1 heterocycles. The van der Waals surface area contributed by atoms with E-state index in [1.165, 1.54) is 19.3 Å². The minimum atomic E-state index is -0.0172. The molecule has 0 saturated heterocycles. The molecule has 1 aliphatic carbocycles. The molecule has 1 amide bonds. The largest absolute Gasteiger partial charge is 0.370 e. The number of aromatic nitrogens is 1. The number of anilines is 1. The predicted octanol–water partition coefficient (Wildman–Crippen LogP) is 2.43. The van der Waals surface area contributed by atoms with Crippen molar-refractivity contribution in [2.45, 2.75) is 32.6 Å². The fourth-order valence-corrected chi connectivity index (χ4v) is 1.92. The molecule has 1 aromatic rings. The van der Waals surface area contributed by atoms with Crippen LogP contribution >= 0.6 is 0 Å². The highest BCUT2D eigenvalue weighted by Crippen LogP contribution is 2.25. The molecule has 0 unspecified atom stereocenters. The van der Waals surface area contributed by atoms with Crippen molar-refractivity contribution in [3.05, 3.63) is 23.9 Å². The normalized spacial score (nSPS) is 14.9. The number of hydrogen-bond acceptors (Lipinski definition) is 3. The van der Waals surface area contributed by atoms with Crippen molar-refractivity contribution in [1.82, 2.24) is 10.3 Å². The Balaban J connectivity index is 1.81. The summed E-state index contributed by atoms with van der Waals surface area (Å²) in [6.45, 7) is 3.81. The second-order valence-corrected chi connectivity index (χ2v) is 4.87. The van der Waals surface area contributed by atoms with Crippen molar-refractivity contribution in [1.29, 1.82) is 0 Å². The van der Waals surface area contributed by atoms with E-state index in [1.807, 2.05) is 12.1 Å². The number of amides is 1. The predicted molar refractivity (Wildman–Crippen MR) is 72.7 cm³/mol. The van der Waals surface area contributed by atoms with Crippen LogP contribution in [-0.4, -0.2) is 24.0 Å². The van der Waals surface area contributed by atoms with E-state index in [0.717, 1.165) is 25.3 Å². The maximum Gasteiger partial charge on any atom is 0.252 e. The number of rotatable bonds is 6. The summed E-state index contributed by atoms with van der Waals surface area (Å²) in [5.41, 5.74) is 0.636. The van der Waals surface area contributed by atoms with Crippen molar-refractivity contribution >= 4 is 11.7 Å². The lowest BCUT2D eigenvalue weighted by Gasteiger charge is -2.25. The maximum atomic E-state index is 11.8. The Kier molecular flexibility index (Phi) is 4.56. The monoisotopic (exact) mass is 247 g/mol. The van der Waals surface area contributed by atoms with Crippen LogP contribution in [0.25, 0.3) is 0 Å². The number of hydrogen-bond donors (Lipinski definition) is 2. The zero-order valence-electron chi connectivity index (χ0n) is 10.9. The van der Waals surface area contributed by atoms with Crippen LogP contribution in [-0.2, 0) is 0 Å². The highest BCUT2D eigenvalue weighted by Gasteiger charge is 2.18. The SMILES string of the molecule is CCCNc1ccc(C(=O)NCC2CCC2)cn1. The third kappa shape index (κ3) is 3.45. The van der Waals surface area contributed by atoms with Gasteiger partial charge in [-0.3, -0.25) is 4.79 Å². The van der Waals surface area contributed by atoms with E-state index >= 15 is 0 Å². The molecule has 1 saturated carbocycles. The summed E-state index contributed by atoms with van der Waals surface area (Å²) in [6, 6.07) is 3.68. The van der Waals surface area contributed by atoms with Crippen molar-refractivity contribution in [3.63, 3.8) is 0 Å². The van der Waals surface area contributed by atoms with Crippen LogP contribution in [0.4, 0.5) is 5.82 Å². The summed E-state index contributed by atoms with van der Waals surface area (Å²) in [6.07, 6.45) is 6.50. The van der Waals surface area contributed by atoms with Gasteiger partial charge in [0.25, 0.3) is 5.91 Å². The summed E-state index contributed by atoms with van der Waals surface area (Å²) in [4.78, 5) is 16.1. The van der Waals surface area contributed by atoms with Gasteiger partial charge in [-0.25, -0.2) is 4.98 Å². The molecule has 2 N–H and O–H groups in total. The van der Waals surface area contributed by atoms with E-state index in [-0.39, 0.29) is 5.91 Å².